The third-order valence-corrected chi connectivity index (χ3v) is 9.91. The van der Waals surface area contributed by atoms with Crippen LogP contribution in [0, 0.1) is 27.2 Å². The molecule has 0 heterocycles. The molecule has 0 radical (unpaired) electrons. The zero-order chi connectivity index (χ0) is 44.4. The summed E-state index contributed by atoms with van der Waals surface area (Å²) in [7, 11) is 0. The monoisotopic (exact) mass is 846 g/mol. The van der Waals surface area contributed by atoms with Gasteiger partial charge in [-0.25, -0.2) is 9.59 Å². The number of nitro benzene ring substituents is 2. The van der Waals surface area contributed by atoms with Crippen molar-refractivity contribution < 1.29 is 38.4 Å². The molecule has 0 saturated heterocycles. The van der Waals surface area contributed by atoms with Crippen molar-refractivity contribution >= 4 is 40.4 Å². The van der Waals surface area contributed by atoms with E-state index in [2.05, 4.69) is 59.6 Å². The van der Waals surface area contributed by atoms with Crippen LogP contribution in [-0.4, -0.2) is 73.4 Å². The standard InChI is InChI=1S/C45H62N6O10/c1-6-10-12-14-16-18-24-49(25-19-17-15-13-11-7-2)35-20-22-37(34(5)30-35)46-39-32-43(59-27-29-61-45(53)9-4)40(33-42(39)58-26-28-60-44(52)8-3)48-47-38-23-21-36(50(54)55)31-41(38)51(56)57/h8-9,20-23,30-33,39,42,46H,3-4,6-7,10-19,24-29H2,1-2,5H3/b48-47+. The van der Waals surface area contributed by atoms with E-state index in [9.17, 15) is 29.8 Å². The average Bonchev–Trinajstić information content (AvgIpc) is 3.25. The highest BCUT2D eigenvalue weighted by molar-refractivity contribution is 5.81. The van der Waals surface area contributed by atoms with Crippen molar-refractivity contribution in [3.05, 3.63) is 111 Å². The van der Waals surface area contributed by atoms with Crippen molar-refractivity contribution in [3.63, 3.8) is 0 Å². The summed E-state index contributed by atoms with van der Waals surface area (Å²) in [5.41, 5.74) is 1.76. The number of anilines is 2. The number of nitrogens with one attached hydrogen (secondary N) is 1. The quantitative estimate of drug-likeness (QED) is 0.0188. The van der Waals surface area contributed by atoms with Gasteiger partial charge in [0.15, 0.2) is 5.69 Å². The molecular weight excluding hydrogens is 785 g/mol. The Bertz CT molecular complexity index is 1850. The molecular formula is C45H62N6O10. The number of nitrogens with zero attached hydrogens (tertiary/aromatic N) is 5. The molecule has 1 aliphatic rings. The first-order valence-electron chi connectivity index (χ1n) is 21.2. The maximum Gasteiger partial charge on any atom is 0.330 e. The van der Waals surface area contributed by atoms with Crippen LogP contribution < -0.4 is 10.2 Å². The molecule has 0 spiro atoms. The van der Waals surface area contributed by atoms with E-state index in [-0.39, 0.29) is 43.6 Å². The number of carbonyl (C=O) groups excluding carboxylic acids is 2. The lowest BCUT2D eigenvalue weighted by Gasteiger charge is -2.30. The number of aryl methyl sites for hydroxylation is 1. The van der Waals surface area contributed by atoms with Crippen molar-refractivity contribution in [3.8, 4) is 0 Å². The molecule has 2 atom stereocenters. The normalized spacial score (nSPS) is 14.7. The van der Waals surface area contributed by atoms with E-state index in [0.717, 1.165) is 73.2 Å². The zero-order valence-electron chi connectivity index (χ0n) is 35.9. The zero-order valence-corrected chi connectivity index (χ0v) is 35.9. The van der Waals surface area contributed by atoms with Gasteiger partial charge in [0.1, 0.15) is 37.4 Å². The molecule has 2 aromatic rings. The maximum atomic E-state index is 11.8. The van der Waals surface area contributed by atoms with Gasteiger partial charge in [-0.15, -0.1) is 10.2 Å². The molecule has 0 aromatic heterocycles. The van der Waals surface area contributed by atoms with Crippen LogP contribution in [-0.2, 0) is 28.5 Å². The topological polar surface area (TPSA) is 197 Å². The second-order valence-corrected chi connectivity index (χ2v) is 14.6. The first kappa shape index (κ1) is 49.5. The van der Waals surface area contributed by atoms with Gasteiger partial charge in [0.05, 0.1) is 28.6 Å². The van der Waals surface area contributed by atoms with Gasteiger partial charge in [0.2, 0.25) is 0 Å². The molecule has 2 unspecified atom stereocenters. The Kier molecular flexibility index (Phi) is 22.5. The Balaban J connectivity index is 1.95. The highest BCUT2D eigenvalue weighted by Crippen LogP contribution is 2.34. The number of azo groups is 1. The van der Waals surface area contributed by atoms with E-state index in [1.165, 1.54) is 64.2 Å². The minimum absolute atomic E-state index is 0.0114. The molecule has 61 heavy (non-hydrogen) atoms. The summed E-state index contributed by atoms with van der Waals surface area (Å²) in [5.74, 6) is -1.05. The predicted octanol–water partition coefficient (Wildman–Crippen LogP) is 10.5. The summed E-state index contributed by atoms with van der Waals surface area (Å²) < 4.78 is 22.5. The summed E-state index contributed by atoms with van der Waals surface area (Å²) >= 11 is 0. The third-order valence-electron chi connectivity index (χ3n) is 9.91. The van der Waals surface area contributed by atoms with Gasteiger partial charge in [-0.05, 0) is 61.7 Å². The smallest absolute Gasteiger partial charge is 0.330 e. The maximum absolute atomic E-state index is 11.8. The highest BCUT2D eigenvalue weighted by atomic mass is 16.6. The fraction of sp³-hybridized carbons (Fsp3) is 0.511. The molecule has 2 aromatic carbocycles. The number of benzene rings is 2. The van der Waals surface area contributed by atoms with Gasteiger partial charge in [0.25, 0.3) is 5.69 Å². The van der Waals surface area contributed by atoms with Crippen LogP contribution in [0.2, 0.25) is 0 Å². The number of hydrogen-bond acceptors (Lipinski definition) is 14. The molecule has 0 saturated carbocycles. The van der Waals surface area contributed by atoms with Gasteiger partial charge < -0.3 is 29.2 Å². The third kappa shape index (κ3) is 17.7. The number of nitro groups is 2. The van der Waals surface area contributed by atoms with E-state index in [1.54, 1.807) is 12.2 Å². The minimum atomic E-state index is -0.787. The highest BCUT2D eigenvalue weighted by Gasteiger charge is 2.29. The second kappa shape index (κ2) is 27.8. The van der Waals surface area contributed by atoms with Gasteiger partial charge in [-0.3, -0.25) is 20.2 Å². The summed E-state index contributed by atoms with van der Waals surface area (Å²) in [6.45, 7) is 15.0. The van der Waals surface area contributed by atoms with E-state index < -0.39 is 45.3 Å². The van der Waals surface area contributed by atoms with E-state index in [4.69, 9.17) is 18.9 Å². The lowest BCUT2D eigenvalue weighted by Crippen LogP contribution is -2.37. The molecule has 332 valence electrons. The number of hydrogen-bond donors (Lipinski definition) is 1. The van der Waals surface area contributed by atoms with E-state index in [1.807, 2.05) is 13.0 Å². The second-order valence-electron chi connectivity index (χ2n) is 14.6. The molecule has 0 aliphatic heterocycles. The SMILES string of the molecule is C=CC(=O)OCCOC1=CC(Nc2ccc(N(CCCCCCCC)CCCCCCCC)cc2C)C(OCCOC(=O)C=C)C=C1/N=N/c1ccc([N+](=O)[O-])cc1[N+](=O)[O-]. The Hall–Kier alpha value is -5.90. The number of unbranched alkanes of at least 4 members (excludes halogenated alkanes) is 10. The molecule has 16 heteroatoms. The largest absolute Gasteiger partial charge is 0.488 e. The number of rotatable bonds is 31. The minimum Gasteiger partial charge on any atom is -0.488 e. The van der Waals surface area contributed by atoms with E-state index >= 15 is 0 Å². The van der Waals surface area contributed by atoms with Crippen LogP contribution in [0.25, 0.3) is 0 Å². The van der Waals surface area contributed by atoms with E-state index in [0.29, 0.717) is 0 Å². The fourth-order valence-corrected chi connectivity index (χ4v) is 6.59. The van der Waals surface area contributed by atoms with Crippen molar-refractivity contribution in [2.45, 2.75) is 110 Å². The van der Waals surface area contributed by atoms with Crippen LogP contribution in [0.1, 0.15) is 96.5 Å². The predicted molar refractivity (Wildman–Crippen MR) is 236 cm³/mol. The van der Waals surface area contributed by atoms with Crippen LogP contribution in [0.5, 0.6) is 0 Å². The van der Waals surface area contributed by atoms with Crippen LogP contribution >= 0.6 is 0 Å². The van der Waals surface area contributed by atoms with Crippen molar-refractivity contribution in [2.24, 2.45) is 10.2 Å². The molecule has 0 amide bonds. The Morgan fingerprint density at radius 2 is 1.38 bits per heavy atom. The van der Waals surface area contributed by atoms with Gasteiger partial charge in [0, 0.05) is 42.7 Å². The van der Waals surface area contributed by atoms with Crippen LogP contribution in [0.3, 0.4) is 0 Å². The lowest BCUT2D eigenvalue weighted by atomic mass is 10.0. The van der Waals surface area contributed by atoms with Gasteiger partial charge >= 0.3 is 17.6 Å². The van der Waals surface area contributed by atoms with Crippen molar-refractivity contribution in [1.82, 2.24) is 0 Å². The first-order valence-corrected chi connectivity index (χ1v) is 21.2. The summed E-state index contributed by atoms with van der Waals surface area (Å²) in [5, 5.41) is 35.0. The number of non-ortho nitro benzene ring substituents is 1. The lowest BCUT2D eigenvalue weighted by molar-refractivity contribution is -0.393. The van der Waals surface area contributed by atoms with Crippen LogP contribution in [0.15, 0.2) is 95.5 Å². The Labute approximate surface area is 359 Å². The van der Waals surface area contributed by atoms with Gasteiger partial charge in [-0.1, -0.05) is 91.2 Å². The van der Waals surface area contributed by atoms with Crippen molar-refractivity contribution in [2.75, 3.05) is 49.7 Å². The molecule has 3 rings (SSSR count). The Morgan fingerprint density at radius 1 is 0.770 bits per heavy atom. The summed E-state index contributed by atoms with van der Waals surface area (Å²) in [6, 6.07) is 8.79. The number of carbonyl (C=O) groups is 2. The Morgan fingerprint density at radius 3 is 1.95 bits per heavy atom. The molecule has 1 aliphatic carbocycles. The molecule has 16 nitrogen and oxygen atoms in total. The molecule has 0 bridgehead atoms. The number of ether oxygens (including phenoxy) is 4. The van der Waals surface area contributed by atoms with Gasteiger partial charge in [-0.2, -0.15) is 0 Å². The summed E-state index contributed by atoms with van der Waals surface area (Å²) in [4.78, 5) is 47.5. The average molecular weight is 847 g/mol. The fourth-order valence-electron chi connectivity index (χ4n) is 6.59. The van der Waals surface area contributed by atoms with Crippen molar-refractivity contribution in [1.29, 1.82) is 0 Å². The number of esters is 2. The first-order chi connectivity index (χ1) is 29.5. The van der Waals surface area contributed by atoms with Crippen LogP contribution in [0.4, 0.5) is 28.4 Å². The molecule has 0 fully saturated rings. The summed E-state index contributed by atoms with van der Waals surface area (Å²) in [6.07, 6.45) is 19.3. The molecule has 1 N–H and O–H groups in total.